The van der Waals surface area contributed by atoms with Gasteiger partial charge in [-0.05, 0) is 24.3 Å². The molecule has 6 heteroatoms. The van der Waals surface area contributed by atoms with Crippen molar-refractivity contribution in [1.82, 2.24) is 4.57 Å². The van der Waals surface area contributed by atoms with E-state index in [1.807, 2.05) is 35.0 Å². The summed E-state index contributed by atoms with van der Waals surface area (Å²) < 4.78 is 12.4. The average molecular weight is 272 g/mol. The second-order valence-corrected chi connectivity index (χ2v) is 4.33. The molecule has 6 nitrogen and oxygen atoms in total. The number of rotatable bonds is 4. The molecule has 0 aliphatic rings. The van der Waals surface area contributed by atoms with Crippen LogP contribution in [0.1, 0.15) is 5.76 Å². The summed E-state index contributed by atoms with van der Waals surface area (Å²) >= 11 is 0. The minimum absolute atomic E-state index is 0.242. The molecule has 0 spiro atoms. The monoisotopic (exact) mass is 272 g/mol. The van der Waals surface area contributed by atoms with Gasteiger partial charge >= 0.3 is 5.88 Å². The number of nitrogens with zero attached hydrogens (tertiary/aromatic N) is 2. The Kier molecular flexibility index (Phi) is 2.90. The molecule has 0 radical (unpaired) electrons. The summed E-state index contributed by atoms with van der Waals surface area (Å²) in [6.07, 6.45) is 1.90. The summed E-state index contributed by atoms with van der Waals surface area (Å²) in [6.45, 7) is 0.435. The molecule has 0 saturated carbocycles. The highest BCUT2D eigenvalue weighted by Gasteiger charge is 2.13. The maximum absolute atomic E-state index is 10.6. The molecule has 0 N–H and O–H groups in total. The summed E-state index contributed by atoms with van der Waals surface area (Å²) in [4.78, 5) is 10.1. The number of furan rings is 1. The van der Waals surface area contributed by atoms with Gasteiger partial charge in [-0.15, -0.1) is 0 Å². The summed E-state index contributed by atoms with van der Waals surface area (Å²) in [6, 6.07) is 10.7. The van der Waals surface area contributed by atoms with Crippen LogP contribution in [0.5, 0.6) is 5.75 Å². The van der Waals surface area contributed by atoms with E-state index in [4.69, 9.17) is 9.15 Å². The predicted molar refractivity (Wildman–Crippen MR) is 73.0 cm³/mol. The van der Waals surface area contributed by atoms with Crippen molar-refractivity contribution in [2.24, 2.45) is 0 Å². The fourth-order valence-electron chi connectivity index (χ4n) is 2.23. The summed E-state index contributed by atoms with van der Waals surface area (Å²) in [5.74, 6) is 1.10. The molecule has 2 heterocycles. The van der Waals surface area contributed by atoms with Crippen molar-refractivity contribution in [2.75, 3.05) is 7.11 Å². The van der Waals surface area contributed by atoms with Gasteiger partial charge in [-0.25, -0.2) is 0 Å². The molecular formula is C14H12N2O4. The summed E-state index contributed by atoms with van der Waals surface area (Å²) in [5.41, 5.74) is 0.989. The molecule has 0 unspecified atom stereocenters. The lowest BCUT2D eigenvalue weighted by Gasteiger charge is -2.04. The largest absolute Gasteiger partial charge is 0.496 e. The van der Waals surface area contributed by atoms with Crippen LogP contribution in [-0.2, 0) is 6.54 Å². The van der Waals surface area contributed by atoms with Gasteiger partial charge in [-0.1, -0.05) is 6.07 Å². The van der Waals surface area contributed by atoms with Gasteiger partial charge in [0.15, 0.2) is 0 Å². The molecule has 0 saturated heterocycles. The van der Waals surface area contributed by atoms with Crippen molar-refractivity contribution in [3.8, 4) is 5.75 Å². The number of fused-ring (bicyclic) bond motifs is 1. The summed E-state index contributed by atoms with van der Waals surface area (Å²) in [7, 11) is 1.63. The van der Waals surface area contributed by atoms with Crippen LogP contribution in [0.4, 0.5) is 5.88 Å². The summed E-state index contributed by atoms with van der Waals surface area (Å²) in [5, 5.41) is 11.6. The van der Waals surface area contributed by atoms with Gasteiger partial charge in [0.25, 0.3) is 0 Å². The van der Waals surface area contributed by atoms with Crippen molar-refractivity contribution in [2.45, 2.75) is 6.54 Å². The van der Waals surface area contributed by atoms with Crippen LogP contribution in [-0.4, -0.2) is 16.6 Å². The third-order valence-electron chi connectivity index (χ3n) is 3.15. The normalized spacial score (nSPS) is 10.8. The van der Waals surface area contributed by atoms with Gasteiger partial charge in [0.1, 0.15) is 16.4 Å². The smallest absolute Gasteiger partial charge is 0.433 e. The number of hydrogen-bond acceptors (Lipinski definition) is 4. The van der Waals surface area contributed by atoms with E-state index in [0.29, 0.717) is 12.3 Å². The lowest BCUT2D eigenvalue weighted by Crippen LogP contribution is -1.96. The fourth-order valence-corrected chi connectivity index (χ4v) is 2.23. The Hall–Kier alpha value is -2.76. The highest BCUT2D eigenvalue weighted by atomic mass is 16.6. The van der Waals surface area contributed by atoms with E-state index >= 15 is 0 Å². The fraction of sp³-hybridized carbons (Fsp3) is 0.143. The second-order valence-electron chi connectivity index (χ2n) is 4.33. The first-order chi connectivity index (χ1) is 9.69. The second kappa shape index (κ2) is 4.73. The number of aromatic nitrogens is 1. The molecule has 0 aliphatic heterocycles. The van der Waals surface area contributed by atoms with Crippen LogP contribution < -0.4 is 4.74 Å². The van der Waals surface area contributed by atoms with Gasteiger partial charge in [0, 0.05) is 11.6 Å². The van der Waals surface area contributed by atoms with Crippen LogP contribution in [0.15, 0.2) is 47.0 Å². The molecule has 0 amide bonds. The zero-order valence-electron chi connectivity index (χ0n) is 10.8. The Morgan fingerprint density at radius 1 is 1.30 bits per heavy atom. The first kappa shape index (κ1) is 12.3. The number of nitro groups is 1. The molecule has 102 valence electrons. The SMILES string of the molecule is COc1cccc2c1ccn2Cc1ccc([N+](=O)[O-])o1. The minimum atomic E-state index is -0.541. The van der Waals surface area contributed by atoms with Crippen LogP contribution in [0.2, 0.25) is 0 Å². The van der Waals surface area contributed by atoms with Crippen molar-refractivity contribution in [3.05, 3.63) is 58.5 Å². The minimum Gasteiger partial charge on any atom is -0.496 e. The molecule has 0 atom stereocenters. The number of benzene rings is 1. The van der Waals surface area contributed by atoms with E-state index in [9.17, 15) is 10.1 Å². The third kappa shape index (κ3) is 2.01. The highest BCUT2D eigenvalue weighted by Crippen LogP contribution is 2.27. The van der Waals surface area contributed by atoms with E-state index in [-0.39, 0.29) is 5.88 Å². The van der Waals surface area contributed by atoms with E-state index in [2.05, 4.69) is 0 Å². The molecule has 1 aromatic carbocycles. The molecular weight excluding hydrogens is 260 g/mol. The van der Waals surface area contributed by atoms with Gasteiger partial charge < -0.3 is 13.7 Å². The highest BCUT2D eigenvalue weighted by molar-refractivity contribution is 5.86. The van der Waals surface area contributed by atoms with Crippen LogP contribution in [0.3, 0.4) is 0 Å². The number of hydrogen-bond donors (Lipinski definition) is 0. The molecule has 0 aliphatic carbocycles. The van der Waals surface area contributed by atoms with E-state index in [0.717, 1.165) is 16.7 Å². The lowest BCUT2D eigenvalue weighted by atomic mass is 10.2. The van der Waals surface area contributed by atoms with Crippen LogP contribution in [0, 0.1) is 10.1 Å². The van der Waals surface area contributed by atoms with Crippen LogP contribution >= 0.6 is 0 Å². The molecule has 3 rings (SSSR count). The van der Waals surface area contributed by atoms with Crippen molar-refractivity contribution >= 4 is 16.8 Å². The first-order valence-corrected chi connectivity index (χ1v) is 6.04. The quantitative estimate of drug-likeness (QED) is 0.540. The van der Waals surface area contributed by atoms with Gasteiger partial charge in [-0.2, -0.15) is 0 Å². The molecule has 20 heavy (non-hydrogen) atoms. The molecule has 0 fully saturated rings. The lowest BCUT2D eigenvalue weighted by molar-refractivity contribution is -0.402. The Balaban J connectivity index is 1.96. The maximum Gasteiger partial charge on any atom is 0.433 e. The molecule has 0 bridgehead atoms. The topological polar surface area (TPSA) is 70.4 Å². The number of ether oxygens (including phenoxy) is 1. The van der Waals surface area contributed by atoms with E-state index in [1.165, 1.54) is 6.07 Å². The van der Waals surface area contributed by atoms with Crippen molar-refractivity contribution in [1.29, 1.82) is 0 Å². The van der Waals surface area contributed by atoms with Gasteiger partial charge in [0.2, 0.25) is 0 Å². The zero-order chi connectivity index (χ0) is 14.1. The molecule has 3 aromatic rings. The zero-order valence-corrected chi connectivity index (χ0v) is 10.8. The van der Waals surface area contributed by atoms with Gasteiger partial charge in [-0.3, -0.25) is 10.1 Å². The van der Waals surface area contributed by atoms with Crippen LogP contribution in [0.25, 0.3) is 10.9 Å². The van der Waals surface area contributed by atoms with Crippen molar-refractivity contribution < 1.29 is 14.1 Å². The predicted octanol–water partition coefficient (Wildman–Crippen LogP) is 3.20. The Labute approximate surface area is 114 Å². The average Bonchev–Trinajstić information content (AvgIpc) is 3.06. The van der Waals surface area contributed by atoms with E-state index < -0.39 is 4.92 Å². The van der Waals surface area contributed by atoms with Gasteiger partial charge in [0.05, 0.1) is 25.2 Å². The first-order valence-electron chi connectivity index (χ1n) is 6.04. The third-order valence-corrected chi connectivity index (χ3v) is 3.15. The Bertz CT molecular complexity index is 772. The van der Waals surface area contributed by atoms with Crippen molar-refractivity contribution in [3.63, 3.8) is 0 Å². The Morgan fingerprint density at radius 2 is 2.15 bits per heavy atom. The molecule has 2 aromatic heterocycles. The Morgan fingerprint density at radius 3 is 2.85 bits per heavy atom. The van der Waals surface area contributed by atoms with E-state index in [1.54, 1.807) is 13.2 Å². The standard InChI is InChI=1S/C14H12N2O4/c1-19-13-4-2-3-12-11(13)7-8-15(12)9-10-5-6-14(20-10)16(17)18/h2-8H,9H2,1H3. The maximum atomic E-state index is 10.6. The number of methoxy groups -OCH3 is 1.